The lowest BCUT2D eigenvalue weighted by molar-refractivity contribution is 0.0656. The molecular weight excluding hydrogens is 376 g/mol. The summed E-state index contributed by atoms with van der Waals surface area (Å²) in [6.07, 6.45) is 0. The highest BCUT2D eigenvalue weighted by Crippen LogP contribution is 2.26. The smallest absolute Gasteiger partial charge is 0.371 e. The highest BCUT2D eigenvalue weighted by molar-refractivity contribution is 9.10. The molecule has 21 heavy (non-hydrogen) atoms. The minimum absolute atomic E-state index is 0.146. The first-order chi connectivity index (χ1) is 9.70. The highest BCUT2D eigenvalue weighted by atomic mass is 79.9. The zero-order valence-corrected chi connectivity index (χ0v) is 12.3. The van der Waals surface area contributed by atoms with Gasteiger partial charge in [0.15, 0.2) is 0 Å². The van der Waals surface area contributed by atoms with Gasteiger partial charge in [-0.05, 0) is 34.1 Å². The normalized spacial score (nSPS) is 11.4. The molecule has 0 amide bonds. The van der Waals surface area contributed by atoms with Crippen LogP contribution >= 0.6 is 15.9 Å². The van der Waals surface area contributed by atoms with Crippen LogP contribution in [0.3, 0.4) is 0 Å². The SMILES string of the molecule is O=C(O)c1ccc(S(=O)(=O)Nc2cc(Br)c(F)cc2F)o1. The van der Waals surface area contributed by atoms with Crippen molar-refractivity contribution in [3.05, 3.63) is 46.1 Å². The van der Waals surface area contributed by atoms with Crippen LogP contribution in [0.2, 0.25) is 0 Å². The number of carbonyl (C=O) groups is 1. The number of benzene rings is 1. The van der Waals surface area contributed by atoms with Crippen LogP contribution in [0.15, 0.2) is 38.2 Å². The van der Waals surface area contributed by atoms with E-state index in [4.69, 9.17) is 5.11 Å². The van der Waals surface area contributed by atoms with Crippen LogP contribution in [0.25, 0.3) is 0 Å². The molecule has 1 aromatic carbocycles. The number of aromatic carboxylic acids is 1. The van der Waals surface area contributed by atoms with E-state index in [0.717, 1.165) is 18.2 Å². The number of furan rings is 1. The minimum atomic E-state index is -4.34. The Morgan fingerprint density at radius 3 is 2.48 bits per heavy atom. The Bertz CT molecular complexity index is 818. The largest absolute Gasteiger partial charge is 0.475 e. The first kappa shape index (κ1) is 15.4. The van der Waals surface area contributed by atoms with Crippen LogP contribution in [0.1, 0.15) is 10.6 Å². The topological polar surface area (TPSA) is 96.6 Å². The van der Waals surface area contributed by atoms with Gasteiger partial charge in [0.05, 0.1) is 10.2 Å². The molecule has 0 aliphatic rings. The van der Waals surface area contributed by atoms with E-state index in [1.54, 1.807) is 0 Å². The molecule has 0 aliphatic heterocycles. The Labute approximate surface area is 125 Å². The number of sulfonamides is 1. The third kappa shape index (κ3) is 3.22. The second kappa shape index (κ2) is 5.45. The van der Waals surface area contributed by atoms with Crippen LogP contribution in [0, 0.1) is 11.6 Å². The number of anilines is 1. The summed E-state index contributed by atoms with van der Waals surface area (Å²) < 4.78 is 56.7. The van der Waals surface area contributed by atoms with Gasteiger partial charge in [0, 0.05) is 6.07 Å². The molecule has 0 saturated heterocycles. The zero-order chi connectivity index (χ0) is 15.8. The molecule has 6 nitrogen and oxygen atoms in total. The Morgan fingerprint density at radius 2 is 1.90 bits per heavy atom. The van der Waals surface area contributed by atoms with Crippen molar-refractivity contribution in [3.63, 3.8) is 0 Å². The molecule has 1 heterocycles. The van der Waals surface area contributed by atoms with Gasteiger partial charge < -0.3 is 9.52 Å². The van der Waals surface area contributed by atoms with Crippen LogP contribution in [-0.4, -0.2) is 19.5 Å². The fourth-order valence-corrected chi connectivity index (χ4v) is 2.71. The van der Waals surface area contributed by atoms with Gasteiger partial charge in [-0.1, -0.05) is 0 Å². The van der Waals surface area contributed by atoms with Crippen molar-refractivity contribution < 1.29 is 31.5 Å². The first-order valence-electron chi connectivity index (χ1n) is 5.21. The molecule has 0 radical (unpaired) electrons. The molecule has 112 valence electrons. The predicted molar refractivity (Wildman–Crippen MR) is 70.5 cm³/mol. The van der Waals surface area contributed by atoms with Gasteiger partial charge in [-0.3, -0.25) is 4.72 Å². The summed E-state index contributed by atoms with van der Waals surface area (Å²) in [5, 5.41) is 7.94. The summed E-state index contributed by atoms with van der Waals surface area (Å²) in [5.74, 6) is -4.07. The summed E-state index contributed by atoms with van der Waals surface area (Å²) in [5.41, 5.74) is -0.517. The van der Waals surface area contributed by atoms with E-state index in [1.807, 2.05) is 4.72 Å². The molecule has 0 bridgehead atoms. The van der Waals surface area contributed by atoms with Gasteiger partial charge in [0.2, 0.25) is 10.9 Å². The average molecular weight is 382 g/mol. The van der Waals surface area contributed by atoms with E-state index < -0.39 is 44.2 Å². The van der Waals surface area contributed by atoms with Crippen LogP contribution in [0.4, 0.5) is 14.5 Å². The van der Waals surface area contributed by atoms with Crippen molar-refractivity contribution in [2.75, 3.05) is 4.72 Å². The van der Waals surface area contributed by atoms with Crippen molar-refractivity contribution >= 4 is 37.6 Å². The summed E-state index contributed by atoms with van der Waals surface area (Å²) in [7, 11) is -4.34. The second-order valence-electron chi connectivity index (χ2n) is 3.78. The number of hydrogen-bond donors (Lipinski definition) is 2. The lowest BCUT2D eigenvalue weighted by Gasteiger charge is -2.07. The Kier molecular flexibility index (Phi) is 4.01. The standard InChI is InChI=1S/C11H6BrF2NO5S/c12-5-3-8(7(14)4-6(5)13)15-21(18,19)10-2-1-9(20-10)11(16)17/h1-4,15H,(H,16,17). The maximum absolute atomic E-state index is 13.5. The third-order valence-corrected chi connectivity index (χ3v) is 4.16. The molecule has 0 aliphatic carbocycles. The monoisotopic (exact) mass is 381 g/mol. The molecule has 10 heteroatoms. The molecule has 0 atom stereocenters. The Morgan fingerprint density at radius 1 is 1.24 bits per heavy atom. The maximum atomic E-state index is 13.5. The summed E-state index contributed by atoms with van der Waals surface area (Å²) >= 11 is 2.79. The van der Waals surface area contributed by atoms with Gasteiger partial charge in [0.1, 0.15) is 11.6 Å². The second-order valence-corrected chi connectivity index (χ2v) is 6.24. The van der Waals surface area contributed by atoms with E-state index in [2.05, 4.69) is 20.3 Å². The molecule has 0 fully saturated rings. The van der Waals surface area contributed by atoms with Gasteiger partial charge in [-0.25, -0.2) is 13.6 Å². The maximum Gasteiger partial charge on any atom is 0.371 e. The summed E-state index contributed by atoms with van der Waals surface area (Å²) in [6.45, 7) is 0. The predicted octanol–water partition coefficient (Wildman–Crippen LogP) is 2.82. The van der Waals surface area contributed by atoms with Crippen molar-refractivity contribution in [2.24, 2.45) is 0 Å². The van der Waals surface area contributed by atoms with E-state index >= 15 is 0 Å². The number of carboxylic acid groups (broad SMARTS) is 1. The molecule has 0 unspecified atom stereocenters. The van der Waals surface area contributed by atoms with Gasteiger partial charge >= 0.3 is 5.97 Å². The molecule has 0 saturated carbocycles. The lowest BCUT2D eigenvalue weighted by atomic mass is 10.3. The highest BCUT2D eigenvalue weighted by Gasteiger charge is 2.23. The van der Waals surface area contributed by atoms with Gasteiger partial charge in [-0.2, -0.15) is 8.42 Å². The lowest BCUT2D eigenvalue weighted by Crippen LogP contribution is -2.13. The summed E-state index contributed by atoms with van der Waals surface area (Å²) in [4.78, 5) is 10.6. The van der Waals surface area contributed by atoms with Crippen molar-refractivity contribution in [1.29, 1.82) is 0 Å². The third-order valence-electron chi connectivity index (χ3n) is 2.31. The van der Waals surface area contributed by atoms with Crippen molar-refractivity contribution in [2.45, 2.75) is 5.09 Å². The molecule has 2 aromatic rings. The Balaban J connectivity index is 2.37. The fourth-order valence-electron chi connectivity index (χ4n) is 1.38. The van der Waals surface area contributed by atoms with Crippen LogP contribution in [-0.2, 0) is 10.0 Å². The first-order valence-corrected chi connectivity index (χ1v) is 7.49. The van der Waals surface area contributed by atoms with Crippen molar-refractivity contribution in [1.82, 2.24) is 0 Å². The fraction of sp³-hybridized carbons (Fsp3) is 0. The number of carboxylic acids is 1. The van der Waals surface area contributed by atoms with Crippen molar-refractivity contribution in [3.8, 4) is 0 Å². The summed E-state index contributed by atoms with van der Waals surface area (Å²) in [6, 6.07) is 3.23. The number of hydrogen-bond acceptors (Lipinski definition) is 4. The Hall–Kier alpha value is -1.94. The zero-order valence-electron chi connectivity index (χ0n) is 9.93. The van der Waals surface area contributed by atoms with E-state index in [1.165, 1.54) is 0 Å². The van der Waals surface area contributed by atoms with E-state index in [9.17, 15) is 22.0 Å². The number of rotatable bonds is 4. The minimum Gasteiger partial charge on any atom is -0.475 e. The molecule has 0 spiro atoms. The van der Waals surface area contributed by atoms with Gasteiger partial charge in [-0.15, -0.1) is 0 Å². The van der Waals surface area contributed by atoms with E-state index in [0.29, 0.717) is 6.07 Å². The molecular formula is C11H6BrF2NO5S. The van der Waals surface area contributed by atoms with E-state index in [-0.39, 0.29) is 4.47 Å². The molecule has 2 N–H and O–H groups in total. The molecule has 1 aromatic heterocycles. The molecule has 2 rings (SSSR count). The number of nitrogens with one attached hydrogen (secondary N) is 1. The van der Waals surface area contributed by atoms with Crippen LogP contribution < -0.4 is 4.72 Å². The average Bonchev–Trinajstić information content (AvgIpc) is 2.86. The van der Waals surface area contributed by atoms with Crippen LogP contribution in [0.5, 0.6) is 0 Å². The van der Waals surface area contributed by atoms with Gasteiger partial charge in [0.25, 0.3) is 10.0 Å². The number of halogens is 3. The quantitative estimate of drug-likeness (QED) is 0.793.